The Hall–Kier alpha value is -5.05. The molecule has 7 aromatic rings. The smallest absolute Gasteiger partial charge is 0.160 e. The Kier molecular flexibility index (Phi) is 6.60. The van der Waals surface area contributed by atoms with Gasteiger partial charge in [0.15, 0.2) is 5.82 Å². The molecule has 1 aromatic heterocycles. The largest absolute Gasteiger partial charge is 0.228 e. The molecule has 0 aliphatic rings. The average Bonchev–Trinajstić information content (AvgIpc) is 3.05. The summed E-state index contributed by atoms with van der Waals surface area (Å²) in [6, 6.07) is 52.1. The van der Waals surface area contributed by atoms with Crippen LogP contribution in [0.1, 0.15) is 0 Å². The fourth-order valence-corrected chi connectivity index (χ4v) is 5.55. The lowest BCUT2D eigenvalue weighted by atomic mass is 9.94. The van der Waals surface area contributed by atoms with Crippen molar-refractivity contribution in [3.63, 3.8) is 0 Å². The molecule has 3 heteroatoms. The minimum Gasteiger partial charge on any atom is -0.228 e. The van der Waals surface area contributed by atoms with Gasteiger partial charge in [0, 0.05) is 27.3 Å². The van der Waals surface area contributed by atoms with Crippen molar-refractivity contribution < 1.29 is 0 Å². The van der Waals surface area contributed by atoms with Gasteiger partial charge in [-0.3, -0.25) is 0 Å². The highest BCUT2D eigenvalue weighted by Gasteiger charge is 2.15. The van der Waals surface area contributed by atoms with Crippen LogP contribution in [0.25, 0.3) is 66.9 Å². The van der Waals surface area contributed by atoms with Gasteiger partial charge < -0.3 is 0 Å². The SMILES string of the molecule is Clc1ccccc1-c1cc(-c2cc(-c3cccc(-c4ccccc4)c3)nc(-c3ccccc3)n2)cc2ccccc12. The predicted molar refractivity (Wildman–Crippen MR) is 172 cm³/mol. The molecule has 2 nitrogen and oxygen atoms in total. The minimum absolute atomic E-state index is 0.690. The molecule has 0 radical (unpaired) electrons. The van der Waals surface area contributed by atoms with Crippen LogP contribution in [0.15, 0.2) is 152 Å². The highest BCUT2D eigenvalue weighted by Crippen LogP contribution is 2.38. The van der Waals surface area contributed by atoms with Gasteiger partial charge in [-0.1, -0.05) is 133 Å². The molecule has 6 aromatic carbocycles. The van der Waals surface area contributed by atoms with Gasteiger partial charge in [0.05, 0.1) is 11.4 Å². The van der Waals surface area contributed by atoms with Gasteiger partial charge in [-0.2, -0.15) is 0 Å². The number of hydrogen-bond acceptors (Lipinski definition) is 2. The minimum atomic E-state index is 0.690. The first-order valence-corrected chi connectivity index (χ1v) is 14.0. The number of nitrogens with zero attached hydrogens (tertiary/aromatic N) is 2. The fourth-order valence-electron chi connectivity index (χ4n) is 5.31. The maximum absolute atomic E-state index is 6.71. The molecule has 0 N–H and O–H groups in total. The molecule has 0 bridgehead atoms. The predicted octanol–water partition coefficient (Wildman–Crippen LogP) is 10.6. The molecule has 0 unspecified atom stereocenters. The van der Waals surface area contributed by atoms with Crippen LogP contribution < -0.4 is 0 Å². The number of fused-ring (bicyclic) bond motifs is 1. The van der Waals surface area contributed by atoms with Gasteiger partial charge in [-0.25, -0.2) is 9.97 Å². The Morgan fingerprint density at radius 2 is 1.00 bits per heavy atom. The van der Waals surface area contributed by atoms with E-state index < -0.39 is 0 Å². The second-order valence-corrected chi connectivity index (χ2v) is 10.4. The van der Waals surface area contributed by atoms with Crippen LogP contribution >= 0.6 is 11.6 Å². The van der Waals surface area contributed by atoms with Crippen LogP contribution in [0.5, 0.6) is 0 Å². The Morgan fingerprint density at radius 1 is 0.390 bits per heavy atom. The van der Waals surface area contributed by atoms with Gasteiger partial charge in [-0.05, 0) is 57.8 Å². The van der Waals surface area contributed by atoms with E-state index in [0.29, 0.717) is 5.82 Å². The zero-order valence-electron chi connectivity index (χ0n) is 22.2. The molecule has 41 heavy (non-hydrogen) atoms. The molecule has 0 fully saturated rings. The maximum Gasteiger partial charge on any atom is 0.160 e. The first-order valence-electron chi connectivity index (χ1n) is 13.6. The van der Waals surface area contributed by atoms with E-state index in [1.165, 1.54) is 5.56 Å². The highest BCUT2D eigenvalue weighted by atomic mass is 35.5. The Labute approximate surface area is 244 Å². The van der Waals surface area contributed by atoms with Crippen molar-refractivity contribution in [2.45, 2.75) is 0 Å². The molecule has 0 atom stereocenters. The van der Waals surface area contributed by atoms with E-state index in [4.69, 9.17) is 21.6 Å². The van der Waals surface area contributed by atoms with Gasteiger partial charge in [0.25, 0.3) is 0 Å². The normalized spacial score (nSPS) is 11.0. The van der Waals surface area contributed by atoms with Crippen LogP contribution in [0.3, 0.4) is 0 Å². The molecule has 0 aliphatic carbocycles. The third-order valence-corrected chi connectivity index (χ3v) is 7.67. The quantitative estimate of drug-likeness (QED) is 0.215. The van der Waals surface area contributed by atoms with Crippen molar-refractivity contribution in [3.8, 4) is 56.2 Å². The molecule has 0 saturated heterocycles. The van der Waals surface area contributed by atoms with Crippen molar-refractivity contribution in [1.29, 1.82) is 0 Å². The summed E-state index contributed by atoms with van der Waals surface area (Å²) in [4.78, 5) is 10.2. The molecule has 0 amide bonds. The number of hydrogen-bond donors (Lipinski definition) is 0. The monoisotopic (exact) mass is 544 g/mol. The van der Waals surface area contributed by atoms with E-state index in [1.54, 1.807) is 0 Å². The third-order valence-electron chi connectivity index (χ3n) is 7.35. The lowest BCUT2D eigenvalue weighted by molar-refractivity contribution is 1.18. The van der Waals surface area contributed by atoms with Crippen LogP contribution in [0.4, 0.5) is 0 Å². The number of benzene rings is 6. The number of halogens is 1. The van der Waals surface area contributed by atoms with Gasteiger partial charge in [-0.15, -0.1) is 0 Å². The van der Waals surface area contributed by atoms with Crippen molar-refractivity contribution >= 4 is 22.4 Å². The van der Waals surface area contributed by atoms with Crippen molar-refractivity contribution in [3.05, 3.63) is 157 Å². The summed E-state index contributed by atoms with van der Waals surface area (Å²) >= 11 is 6.71. The molecular formula is C38H25ClN2. The van der Waals surface area contributed by atoms with E-state index in [1.807, 2.05) is 42.5 Å². The third kappa shape index (κ3) is 5.02. The van der Waals surface area contributed by atoms with E-state index in [-0.39, 0.29) is 0 Å². The summed E-state index contributed by atoms with van der Waals surface area (Å²) in [6.07, 6.45) is 0. The van der Waals surface area contributed by atoms with Crippen LogP contribution in [0, 0.1) is 0 Å². The molecule has 0 aliphatic heterocycles. The van der Waals surface area contributed by atoms with Crippen LogP contribution in [0.2, 0.25) is 5.02 Å². The van der Waals surface area contributed by atoms with E-state index in [0.717, 1.165) is 60.6 Å². The molecule has 7 rings (SSSR count). The molecule has 0 spiro atoms. The fraction of sp³-hybridized carbons (Fsp3) is 0. The lowest BCUT2D eigenvalue weighted by Gasteiger charge is -2.14. The Bertz CT molecular complexity index is 2000. The summed E-state index contributed by atoms with van der Waals surface area (Å²) in [5.41, 5.74) is 9.16. The lowest BCUT2D eigenvalue weighted by Crippen LogP contribution is -1.96. The van der Waals surface area contributed by atoms with Gasteiger partial charge in [0.2, 0.25) is 0 Å². The van der Waals surface area contributed by atoms with Crippen molar-refractivity contribution in [2.75, 3.05) is 0 Å². The number of aromatic nitrogens is 2. The van der Waals surface area contributed by atoms with E-state index in [9.17, 15) is 0 Å². The van der Waals surface area contributed by atoms with Gasteiger partial charge in [0.1, 0.15) is 0 Å². The molecule has 1 heterocycles. The van der Waals surface area contributed by atoms with Crippen molar-refractivity contribution in [1.82, 2.24) is 9.97 Å². The Morgan fingerprint density at radius 3 is 1.78 bits per heavy atom. The van der Waals surface area contributed by atoms with E-state index >= 15 is 0 Å². The summed E-state index contributed by atoms with van der Waals surface area (Å²) in [5, 5.41) is 3.01. The second kappa shape index (κ2) is 10.8. The average molecular weight is 545 g/mol. The Balaban J connectivity index is 1.45. The first kappa shape index (κ1) is 25.0. The van der Waals surface area contributed by atoms with Crippen LogP contribution in [-0.4, -0.2) is 9.97 Å². The topological polar surface area (TPSA) is 25.8 Å². The van der Waals surface area contributed by atoms with Gasteiger partial charge >= 0.3 is 0 Å². The molecular weight excluding hydrogens is 520 g/mol. The maximum atomic E-state index is 6.71. The zero-order chi connectivity index (χ0) is 27.6. The van der Waals surface area contributed by atoms with Crippen molar-refractivity contribution in [2.24, 2.45) is 0 Å². The highest BCUT2D eigenvalue weighted by molar-refractivity contribution is 6.33. The zero-order valence-corrected chi connectivity index (χ0v) is 23.0. The van der Waals surface area contributed by atoms with E-state index in [2.05, 4.69) is 109 Å². The van der Waals surface area contributed by atoms with Crippen LogP contribution in [-0.2, 0) is 0 Å². The summed E-state index contributed by atoms with van der Waals surface area (Å²) < 4.78 is 0. The molecule has 0 saturated carbocycles. The first-order chi connectivity index (χ1) is 20.2. The second-order valence-electron chi connectivity index (χ2n) is 10.00. The molecule has 194 valence electrons. The summed E-state index contributed by atoms with van der Waals surface area (Å²) in [7, 11) is 0. The summed E-state index contributed by atoms with van der Waals surface area (Å²) in [6.45, 7) is 0. The standard InChI is InChI=1S/C38H25ClN2/c39-35-21-10-9-20-33(35)34-24-31(23-29-16-7-8-19-32(29)34)37-25-36(40-38(41-37)27-14-5-2-6-15-27)30-18-11-17-28(22-30)26-12-3-1-4-13-26/h1-25H. The summed E-state index contributed by atoms with van der Waals surface area (Å²) in [5.74, 6) is 0.690. The number of rotatable bonds is 5.